The Morgan fingerprint density at radius 3 is 2.41 bits per heavy atom. The van der Waals surface area contributed by atoms with Crippen LogP contribution in [0, 0.1) is 19.3 Å². The zero-order valence-electron chi connectivity index (χ0n) is 25.1. The van der Waals surface area contributed by atoms with Gasteiger partial charge in [0.25, 0.3) is 5.91 Å². The van der Waals surface area contributed by atoms with Crippen molar-refractivity contribution in [2.45, 2.75) is 84.6 Å². The van der Waals surface area contributed by atoms with Gasteiger partial charge in [0.1, 0.15) is 23.0 Å². The first kappa shape index (κ1) is 27.4. The number of likely N-dealkylation sites (N-methyl/N-ethyl adjacent to an activating group) is 1. The molecule has 1 amide bonds. The Morgan fingerprint density at radius 1 is 1.07 bits per heavy atom. The van der Waals surface area contributed by atoms with Crippen molar-refractivity contribution in [3.8, 4) is 17.0 Å². The number of nitrogens with zero attached hydrogens (tertiary/aromatic N) is 2. The fourth-order valence-corrected chi connectivity index (χ4v) is 7.01. The van der Waals surface area contributed by atoms with Gasteiger partial charge >= 0.3 is 0 Å². The number of ether oxygens (including phenoxy) is 2. The Kier molecular flexibility index (Phi) is 6.29. The number of benzene rings is 1. The van der Waals surface area contributed by atoms with E-state index in [0.29, 0.717) is 46.9 Å². The first-order chi connectivity index (χ1) is 19.4. The standard InChI is InChI=1S/C34H38N2O5/c1-8-33(5)16-25-29(32(39)36(33)6)30(28-23(38)15-34(13-14-34)17-26(28)41-25)27-19(3)21(10-12-24(27)40-7)22-11-9-18(2)31(35-22)20(4)37/h9-12,30H,8,13-17H2,1-7H3/t30-,33?/m0/s1. The molecule has 7 heteroatoms. The van der Waals surface area contributed by atoms with Crippen LogP contribution in [0.25, 0.3) is 11.3 Å². The summed E-state index contributed by atoms with van der Waals surface area (Å²) >= 11 is 0. The van der Waals surface area contributed by atoms with E-state index >= 15 is 0 Å². The van der Waals surface area contributed by atoms with Crippen molar-refractivity contribution >= 4 is 17.5 Å². The molecule has 1 aromatic carbocycles. The zero-order chi connectivity index (χ0) is 29.4. The highest BCUT2D eigenvalue weighted by Gasteiger charge is 2.55. The van der Waals surface area contributed by atoms with E-state index in [2.05, 4.69) is 13.8 Å². The molecule has 0 radical (unpaired) electrons. The van der Waals surface area contributed by atoms with E-state index in [1.165, 1.54) is 6.92 Å². The number of aryl methyl sites for hydroxylation is 1. The second-order valence-electron chi connectivity index (χ2n) is 12.6. The maximum atomic E-state index is 14.2. The van der Waals surface area contributed by atoms with E-state index in [1.54, 1.807) is 7.11 Å². The quantitative estimate of drug-likeness (QED) is 0.399. The van der Waals surface area contributed by atoms with Crippen molar-refractivity contribution in [3.63, 3.8) is 0 Å². The van der Waals surface area contributed by atoms with Crippen LogP contribution >= 0.6 is 0 Å². The summed E-state index contributed by atoms with van der Waals surface area (Å²) in [6, 6.07) is 7.64. The third kappa shape index (κ3) is 4.15. The van der Waals surface area contributed by atoms with Gasteiger partial charge in [-0.1, -0.05) is 13.0 Å². The number of hydrogen-bond acceptors (Lipinski definition) is 6. The van der Waals surface area contributed by atoms with Crippen LogP contribution in [0.3, 0.4) is 0 Å². The molecule has 2 aromatic rings. The predicted molar refractivity (Wildman–Crippen MR) is 156 cm³/mol. The van der Waals surface area contributed by atoms with Gasteiger partial charge in [0.05, 0.1) is 24.3 Å². The number of aromatic nitrogens is 1. The second-order valence-corrected chi connectivity index (χ2v) is 12.6. The molecule has 1 saturated carbocycles. The van der Waals surface area contributed by atoms with Gasteiger partial charge in [-0.3, -0.25) is 14.4 Å². The highest BCUT2D eigenvalue weighted by Crippen LogP contribution is 2.61. The number of ketones is 2. The number of allylic oxidation sites excluding steroid dienone is 2. The van der Waals surface area contributed by atoms with Crippen molar-refractivity contribution in [2.24, 2.45) is 5.41 Å². The maximum Gasteiger partial charge on any atom is 0.254 e. The molecular weight excluding hydrogens is 516 g/mol. The second kappa shape index (κ2) is 9.40. The van der Waals surface area contributed by atoms with E-state index in [-0.39, 0.29) is 28.4 Å². The van der Waals surface area contributed by atoms with Gasteiger partial charge in [0.15, 0.2) is 11.6 Å². The van der Waals surface area contributed by atoms with Gasteiger partial charge in [-0.25, -0.2) is 4.98 Å². The first-order valence-electron chi connectivity index (χ1n) is 14.6. The molecule has 2 atom stereocenters. The molecule has 1 aromatic heterocycles. The van der Waals surface area contributed by atoms with Gasteiger partial charge < -0.3 is 14.4 Å². The summed E-state index contributed by atoms with van der Waals surface area (Å²) in [6.45, 7) is 9.56. The number of rotatable bonds is 5. The minimum Gasteiger partial charge on any atom is -0.496 e. The third-order valence-corrected chi connectivity index (χ3v) is 10.1. The van der Waals surface area contributed by atoms with Crippen molar-refractivity contribution in [2.75, 3.05) is 14.2 Å². The lowest BCUT2D eigenvalue weighted by molar-refractivity contribution is -0.134. The summed E-state index contributed by atoms with van der Waals surface area (Å²) in [4.78, 5) is 47.0. The van der Waals surface area contributed by atoms with Gasteiger partial charge in [0, 0.05) is 55.5 Å². The molecule has 0 saturated heterocycles. The van der Waals surface area contributed by atoms with E-state index in [0.717, 1.165) is 53.7 Å². The number of hydrogen-bond donors (Lipinski definition) is 0. The van der Waals surface area contributed by atoms with Gasteiger partial charge in [0.2, 0.25) is 0 Å². The highest BCUT2D eigenvalue weighted by molar-refractivity contribution is 6.06. The molecular formula is C34H38N2O5. The normalized spacial score (nSPS) is 24.8. The summed E-state index contributed by atoms with van der Waals surface area (Å²) in [5.74, 6) is 1.23. The average molecular weight is 555 g/mol. The molecule has 3 heterocycles. The lowest BCUT2D eigenvalue weighted by Crippen LogP contribution is -2.53. The lowest BCUT2D eigenvalue weighted by atomic mass is 9.69. The number of Topliss-reactive ketones (excluding diaryl/α,β-unsaturated/α-hetero) is 2. The summed E-state index contributed by atoms with van der Waals surface area (Å²) in [5.41, 5.74) is 5.11. The third-order valence-electron chi connectivity index (χ3n) is 10.1. The molecule has 0 N–H and O–H groups in total. The van der Waals surface area contributed by atoms with Crippen LogP contribution in [-0.2, 0) is 14.3 Å². The van der Waals surface area contributed by atoms with E-state index in [9.17, 15) is 14.4 Å². The van der Waals surface area contributed by atoms with Crippen LogP contribution < -0.4 is 4.74 Å². The summed E-state index contributed by atoms with van der Waals surface area (Å²) in [6.07, 6.45) is 4.62. The Morgan fingerprint density at radius 2 is 1.78 bits per heavy atom. The topological polar surface area (TPSA) is 85.8 Å². The molecule has 6 rings (SSSR count). The fourth-order valence-electron chi connectivity index (χ4n) is 7.01. The van der Waals surface area contributed by atoms with Crippen LogP contribution in [-0.4, -0.2) is 47.1 Å². The van der Waals surface area contributed by atoms with Crippen LogP contribution in [0.4, 0.5) is 0 Å². The van der Waals surface area contributed by atoms with E-state index in [4.69, 9.17) is 14.5 Å². The summed E-state index contributed by atoms with van der Waals surface area (Å²) in [5, 5.41) is 0. The average Bonchev–Trinajstić information content (AvgIpc) is 3.68. The molecule has 1 fully saturated rings. The van der Waals surface area contributed by atoms with E-state index in [1.807, 2.05) is 50.1 Å². The van der Waals surface area contributed by atoms with Crippen molar-refractivity contribution in [1.82, 2.24) is 9.88 Å². The fraction of sp³-hybridized carbons (Fsp3) is 0.471. The number of carbonyl (C=O) groups excluding carboxylic acids is 3. The SMILES string of the molecule is CCC1(C)CC2=C(C(=O)N1C)[C@@H](c1c(OC)ccc(-c3ccc(C)c(C(C)=O)n3)c1C)C1=C(CC3(CC3)CC1=O)O2. The lowest BCUT2D eigenvalue weighted by Gasteiger charge is -2.47. The summed E-state index contributed by atoms with van der Waals surface area (Å²) in [7, 11) is 3.46. The van der Waals surface area contributed by atoms with Crippen molar-refractivity contribution in [1.29, 1.82) is 0 Å². The van der Waals surface area contributed by atoms with Gasteiger partial charge in [-0.2, -0.15) is 0 Å². The van der Waals surface area contributed by atoms with Gasteiger partial charge in [-0.15, -0.1) is 0 Å². The van der Waals surface area contributed by atoms with Crippen LogP contribution in [0.1, 0.15) is 92.4 Å². The molecule has 1 spiro atoms. The number of methoxy groups -OCH3 is 1. The number of carbonyl (C=O) groups is 3. The van der Waals surface area contributed by atoms with Crippen LogP contribution in [0.15, 0.2) is 46.9 Å². The Labute approximate surface area is 241 Å². The molecule has 7 nitrogen and oxygen atoms in total. The van der Waals surface area contributed by atoms with Crippen LogP contribution in [0.2, 0.25) is 0 Å². The minimum atomic E-state index is -0.610. The molecule has 41 heavy (non-hydrogen) atoms. The molecule has 214 valence electrons. The Balaban J connectivity index is 1.61. The predicted octanol–water partition coefficient (Wildman–Crippen LogP) is 6.37. The highest BCUT2D eigenvalue weighted by atomic mass is 16.5. The zero-order valence-corrected chi connectivity index (χ0v) is 25.1. The maximum absolute atomic E-state index is 14.2. The largest absolute Gasteiger partial charge is 0.496 e. The number of pyridine rings is 1. The Hall–Kier alpha value is -3.74. The monoisotopic (exact) mass is 554 g/mol. The van der Waals surface area contributed by atoms with Gasteiger partial charge in [-0.05, 0) is 74.8 Å². The van der Waals surface area contributed by atoms with Crippen LogP contribution in [0.5, 0.6) is 5.75 Å². The number of amides is 1. The first-order valence-corrected chi connectivity index (χ1v) is 14.6. The molecule has 0 bridgehead atoms. The van der Waals surface area contributed by atoms with Crippen molar-refractivity contribution in [3.05, 3.63) is 69.3 Å². The molecule has 1 unspecified atom stereocenters. The molecule has 4 aliphatic rings. The minimum absolute atomic E-state index is 0.00204. The van der Waals surface area contributed by atoms with Crippen molar-refractivity contribution < 1.29 is 23.9 Å². The summed E-state index contributed by atoms with van der Waals surface area (Å²) < 4.78 is 12.5. The smallest absolute Gasteiger partial charge is 0.254 e. The van der Waals surface area contributed by atoms with E-state index < -0.39 is 5.92 Å². The molecule has 2 aliphatic carbocycles. The molecule has 2 aliphatic heterocycles. The Bertz CT molecular complexity index is 1590.